The summed E-state index contributed by atoms with van der Waals surface area (Å²) in [5, 5.41) is 39.7. The maximum Gasteiger partial charge on any atom is 0.209 e. The lowest BCUT2D eigenvalue weighted by atomic mass is 9.79. The Morgan fingerprint density at radius 3 is 1.63 bits per heavy atom. The van der Waals surface area contributed by atoms with E-state index in [4.69, 9.17) is 18.9 Å². The molecule has 0 fully saturated rings. The van der Waals surface area contributed by atoms with Gasteiger partial charge in [-0.3, -0.25) is 9.59 Å². The van der Waals surface area contributed by atoms with Gasteiger partial charge >= 0.3 is 0 Å². The maximum absolute atomic E-state index is 12.1. The van der Waals surface area contributed by atoms with E-state index in [2.05, 4.69) is 32.6 Å². The molecular weight excluding hydrogens is 761 g/mol. The van der Waals surface area contributed by atoms with Gasteiger partial charge in [-0.2, -0.15) is 0 Å². The Hall–Kier alpha value is -3.58. The summed E-state index contributed by atoms with van der Waals surface area (Å²) in [4.78, 5) is 24.3. The molecule has 1 unspecified atom stereocenters. The fourth-order valence-corrected chi connectivity index (χ4v) is 8.79. The zero-order chi connectivity index (χ0) is 44.2. The SMILES string of the molecule is C=C(C)C(O)CC/C(C)=C/[C@H]1CC(C)=C[C@@]2(C=C(CO)[C@@H]3CC(=O)C(C)=C[C@@H]3O2)O1.CC1=C[C@@]2(C=C(CO)[C@@H]3CC(=O)C(C)=C[C@@H]3O2)O[C@@H](/C=C(\C)C/C=C/C(C)(C)O)C1. The van der Waals surface area contributed by atoms with Crippen LogP contribution < -0.4 is 0 Å². The Labute approximate surface area is 357 Å². The second-order valence-corrected chi connectivity index (χ2v) is 18.4. The molecule has 4 aliphatic heterocycles. The third-order valence-electron chi connectivity index (χ3n) is 11.9. The summed E-state index contributed by atoms with van der Waals surface area (Å²) in [6.45, 7) is 20.7. The van der Waals surface area contributed by atoms with Crippen LogP contribution in [0.1, 0.15) is 107 Å². The summed E-state index contributed by atoms with van der Waals surface area (Å²) >= 11 is 0. The fourth-order valence-electron chi connectivity index (χ4n) is 8.79. The smallest absolute Gasteiger partial charge is 0.209 e. The molecule has 60 heavy (non-hydrogen) atoms. The van der Waals surface area contributed by atoms with Crippen molar-refractivity contribution in [3.8, 4) is 0 Å². The van der Waals surface area contributed by atoms with Crippen LogP contribution in [-0.2, 0) is 28.5 Å². The number of rotatable bonds is 11. The highest BCUT2D eigenvalue weighted by Gasteiger charge is 2.47. The molecule has 0 aromatic rings. The molecular formula is C50H68O10. The van der Waals surface area contributed by atoms with Gasteiger partial charge in [0.1, 0.15) is 0 Å². The second kappa shape index (κ2) is 19.6. The van der Waals surface area contributed by atoms with E-state index >= 15 is 0 Å². The van der Waals surface area contributed by atoms with Crippen molar-refractivity contribution in [2.45, 2.75) is 155 Å². The van der Waals surface area contributed by atoms with E-state index in [1.54, 1.807) is 19.9 Å². The summed E-state index contributed by atoms with van der Waals surface area (Å²) in [6.07, 6.45) is 22.3. The minimum atomic E-state index is -1.04. The summed E-state index contributed by atoms with van der Waals surface area (Å²) in [7, 11) is 0. The fraction of sp³-hybridized carbons (Fsp3) is 0.560. The molecule has 0 saturated heterocycles. The molecule has 9 atom stereocenters. The van der Waals surface area contributed by atoms with Gasteiger partial charge in [-0.25, -0.2) is 0 Å². The monoisotopic (exact) mass is 828 g/mol. The number of fused-ring (bicyclic) bond motifs is 2. The summed E-state index contributed by atoms with van der Waals surface area (Å²) in [6, 6.07) is 0. The highest BCUT2D eigenvalue weighted by atomic mass is 16.7. The van der Waals surface area contributed by atoms with Crippen LogP contribution in [0.25, 0.3) is 0 Å². The van der Waals surface area contributed by atoms with Gasteiger partial charge in [0.2, 0.25) is 11.6 Å². The van der Waals surface area contributed by atoms with Gasteiger partial charge in [0.25, 0.3) is 0 Å². The van der Waals surface area contributed by atoms with Crippen LogP contribution in [0.3, 0.4) is 0 Å². The molecule has 0 aromatic carbocycles. The van der Waals surface area contributed by atoms with Crippen LogP contribution in [-0.4, -0.2) is 92.9 Å². The minimum absolute atomic E-state index is 0.0971. The summed E-state index contributed by atoms with van der Waals surface area (Å²) < 4.78 is 25.6. The van der Waals surface area contributed by atoms with Gasteiger partial charge in [0, 0.05) is 24.7 Å². The van der Waals surface area contributed by atoms with Gasteiger partial charge in [-0.15, -0.1) is 0 Å². The lowest BCUT2D eigenvalue weighted by Crippen LogP contribution is -2.49. The largest absolute Gasteiger partial charge is 0.392 e. The minimum Gasteiger partial charge on any atom is -0.392 e. The van der Waals surface area contributed by atoms with Gasteiger partial charge in [0.05, 0.1) is 49.3 Å². The highest BCUT2D eigenvalue weighted by molar-refractivity contribution is 5.96. The first-order valence-corrected chi connectivity index (χ1v) is 21.4. The van der Waals surface area contributed by atoms with Crippen LogP contribution in [0.4, 0.5) is 0 Å². The van der Waals surface area contributed by atoms with Gasteiger partial charge in [-0.05, 0) is 153 Å². The number of aliphatic hydroxyl groups is 4. The van der Waals surface area contributed by atoms with Gasteiger partial charge < -0.3 is 39.4 Å². The summed E-state index contributed by atoms with van der Waals surface area (Å²) in [5.41, 5.74) is 7.53. The van der Waals surface area contributed by atoms with Crippen LogP contribution in [0, 0.1) is 11.8 Å². The molecule has 0 amide bonds. The lowest BCUT2D eigenvalue weighted by Gasteiger charge is -2.45. The topological polar surface area (TPSA) is 152 Å². The molecule has 6 aliphatic rings. The number of Topliss-reactive ketones (excluding diaryl/α,β-unsaturated/α-hetero) is 2. The number of allylic oxidation sites excluding steroid dienone is 5. The molecule has 10 heteroatoms. The van der Waals surface area contributed by atoms with Gasteiger partial charge in [0.15, 0.2) is 11.6 Å². The predicted octanol–water partition coefficient (Wildman–Crippen LogP) is 7.87. The molecule has 0 aromatic heterocycles. The first-order valence-electron chi connectivity index (χ1n) is 21.4. The molecule has 4 N–H and O–H groups in total. The second-order valence-electron chi connectivity index (χ2n) is 18.4. The molecule has 4 heterocycles. The molecule has 0 bridgehead atoms. The molecule has 2 aliphatic carbocycles. The zero-order valence-electron chi connectivity index (χ0n) is 37.1. The number of carbonyl (C=O) groups is 2. The van der Waals surface area contributed by atoms with Crippen molar-refractivity contribution in [1.82, 2.24) is 0 Å². The Bertz CT molecular complexity index is 1940. The highest BCUT2D eigenvalue weighted by Crippen LogP contribution is 2.44. The van der Waals surface area contributed by atoms with Crippen molar-refractivity contribution in [2.75, 3.05) is 13.2 Å². The molecule has 328 valence electrons. The molecule has 0 saturated carbocycles. The van der Waals surface area contributed by atoms with Gasteiger partial charge in [-0.1, -0.05) is 58.7 Å². The Morgan fingerprint density at radius 2 is 1.22 bits per heavy atom. The first kappa shape index (κ1) is 47.5. The zero-order valence-corrected chi connectivity index (χ0v) is 37.1. The van der Waals surface area contributed by atoms with E-state index in [9.17, 15) is 30.0 Å². The van der Waals surface area contributed by atoms with E-state index < -0.39 is 23.3 Å². The van der Waals surface area contributed by atoms with Crippen molar-refractivity contribution in [3.63, 3.8) is 0 Å². The Kier molecular flexibility index (Phi) is 15.5. The van der Waals surface area contributed by atoms with Crippen molar-refractivity contribution in [2.24, 2.45) is 11.8 Å². The maximum atomic E-state index is 12.1. The quantitative estimate of drug-likeness (QED) is 0.152. The molecule has 0 radical (unpaired) electrons. The van der Waals surface area contributed by atoms with Crippen LogP contribution in [0.2, 0.25) is 0 Å². The van der Waals surface area contributed by atoms with E-state index in [-0.39, 0.29) is 61.0 Å². The number of ketones is 2. The van der Waals surface area contributed by atoms with E-state index in [0.29, 0.717) is 30.4 Å². The molecule has 10 nitrogen and oxygen atoms in total. The van der Waals surface area contributed by atoms with Crippen molar-refractivity contribution < 1.29 is 49.0 Å². The van der Waals surface area contributed by atoms with Crippen molar-refractivity contribution >= 4 is 11.6 Å². The first-order chi connectivity index (χ1) is 28.1. The van der Waals surface area contributed by atoms with Crippen LogP contribution in [0.5, 0.6) is 0 Å². The third-order valence-corrected chi connectivity index (χ3v) is 11.9. The predicted molar refractivity (Wildman–Crippen MR) is 233 cm³/mol. The molecule has 2 spiro atoms. The third kappa shape index (κ3) is 12.3. The number of hydrogen-bond acceptors (Lipinski definition) is 10. The Balaban J connectivity index is 0.000000228. The van der Waals surface area contributed by atoms with Crippen LogP contribution >= 0.6 is 0 Å². The number of carbonyl (C=O) groups excluding carboxylic acids is 2. The van der Waals surface area contributed by atoms with E-state index in [1.807, 2.05) is 77.2 Å². The van der Waals surface area contributed by atoms with Crippen molar-refractivity contribution in [1.29, 1.82) is 0 Å². The normalized spacial score (nSPS) is 32.8. The summed E-state index contributed by atoms with van der Waals surface area (Å²) in [5.74, 6) is -2.17. The van der Waals surface area contributed by atoms with Crippen molar-refractivity contribution in [3.05, 3.63) is 117 Å². The van der Waals surface area contributed by atoms with E-state index in [1.165, 1.54) is 0 Å². The molecule has 6 rings (SSSR count). The standard InChI is InChI=1S/2C25H34O5/c1-15(2)22(27)7-6-16(3)8-20-9-17(4)12-25(29-20)13-19(14-26)21-11-23(28)18(5)10-24(21)30-25;1-16(7-6-8-24(4,5)28)9-20-10-17(2)13-25(29-20)14-19(15-26)21-12-22(27)18(3)11-23(21)30-25/h8,10,12-13,20-22,24,26-27H,1,6-7,9,11,14H2,2-5H3;6,8-9,11,13-14,20-21,23,26,28H,7,10,12,15H2,1-5H3/b16-8+;8-6+,16-9+/t20-,21-,22?,24-,25+;20-,21-,23-,25+/m00/s1. The number of aliphatic hydroxyl groups excluding tert-OH is 3. The van der Waals surface area contributed by atoms with Crippen LogP contribution in [0.15, 0.2) is 117 Å². The lowest BCUT2D eigenvalue weighted by molar-refractivity contribution is -0.225. The average molecular weight is 829 g/mol. The van der Waals surface area contributed by atoms with E-state index in [0.717, 1.165) is 64.7 Å². The Morgan fingerprint density at radius 1 is 0.767 bits per heavy atom. The number of hydrogen-bond donors (Lipinski definition) is 4. The number of ether oxygens (including phenoxy) is 4. The average Bonchev–Trinajstić information content (AvgIpc) is 3.13.